The molecule has 0 amide bonds. The molecule has 3 N–H and O–H groups in total. The smallest absolute Gasteiger partial charge is 0.185 e. The van der Waals surface area contributed by atoms with E-state index in [0.29, 0.717) is 0 Å². The number of carbonyl (C=O) groups excluding carboxylic acids is 1. The summed E-state index contributed by atoms with van der Waals surface area (Å²) < 4.78 is 0. The Balaban J connectivity index is 2.77. The zero-order chi connectivity index (χ0) is 13.0. The maximum absolute atomic E-state index is 10.7. The molecular formula is C10H12ClNO4S. The largest absolute Gasteiger partial charge is 0.506 e. The molecule has 0 saturated carbocycles. The molecule has 1 heterocycles. The van der Waals surface area contributed by atoms with Crippen molar-refractivity contribution in [3.05, 3.63) is 23.0 Å². The summed E-state index contributed by atoms with van der Waals surface area (Å²) in [6.07, 6.45) is -2.60. The van der Waals surface area contributed by atoms with Gasteiger partial charge in [-0.2, -0.15) is 0 Å². The molecule has 7 heteroatoms. The summed E-state index contributed by atoms with van der Waals surface area (Å²) in [6, 6.07) is 2.64. The fraction of sp³-hybridized carbons (Fsp3) is 0.400. The van der Waals surface area contributed by atoms with Gasteiger partial charge in [0, 0.05) is 12.7 Å². The van der Waals surface area contributed by atoms with E-state index in [9.17, 15) is 20.1 Å². The van der Waals surface area contributed by atoms with Gasteiger partial charge in [-0.25, -0.2) is 4.98 Å². The monoisotopic (exact) mass is 277 g/mol. The lowest BCUT2D eigenvalue weighted by Crippen LogP contribution is -2.22. The van der Waals surface area contributed by atoms with Crippen molar-refractivity contribution in [3.63, 3.8) is 0 Å². The zero-order valence-corrected chi connectivity index (χ0v) is 10.6. The molecule has 1 aromatic rings. The first-order valence-corrected chi connectivity index (χ1v) is 6.13. The lowest BCUT2D eigenvalue weighted by molar-refractivity contribution is -0.109. The van der Waals surface area contributed by atoms with Crippen LogP contribution < -0.4 is 0 Å². The van der Waals surface area contributed by atoms with E-state index >= 15 is 0 Å². The third kappa shape index (κ3) is 4.16. The van der Waals surface area contributed by atoms with Gasteiger partial charge in [0.2, 0.25) is 0 Å². The zero-order valence-electron chi connectivity index (χ0n) is 9.00. The lowest BCUT2D eigenvalue weighted by Gasteiger charge is -2.17. The Labute approximate surface area is 107 Å². The van der Waals surface area contributed by atoms with Crippen LogP contribution in [0.15, 0.2) is 12.1 Å². The molecule has 0 spiro atoms. The van der Waals surface area contributed by atoms with E-state index in [1.165, 1.54) is 19.1 Å². The molecule has 0 bridgehead atoms. The molecule has 0 fully saturated rings. The lowest BCUT2D eigenvalue weighted by atomic mass is 10.1. The van der Waals surface area contributed by atoms with Crippen LogP contribution in [0.5, 0.6) is 5.75 Å². The average Bonchev–Trinajstić information content (AvgIpc) is 2.28. The predicted octanol–water partition coefficient (Wildman–Crippen LogP) is 1.11. The summed E-state index contributed by atoms with van der Waals surface area (Å²) in [5.41, 5.74) is -0.103. The summed E-state index contributed by atoms with van der Waals surface area (Å²) >= 11 is 6.50. The van der Waals surface area contributed by atoms with Gasteiger partial charge >= 0.3 is 0 Å². The minimum Gasteiger partial charge on any atom is -0.506 e. The number of aromatic hydroxyl groups is 1. The van der Waals surface area contributed by atoms with Crippen molar-refractivity contribution < 1.29 is 20.1 Å². The van der Waals surface area contributed by atoms with Gasteiger partial charge in [-0.15, -0.1) is 0 Å². The summed E-state index contributed by atoms with van der Waals surface area (Å²) in [4.78, 5) is 14.4. The van der Waals surface area contributed by atoms with Crippen LogP contribution in [0.4, 0.5) is 0 Å². The molecule has 0 aromatic carbocycles. The molecular weight excluding hydrogens is 266 g/mol. The molecule has 94 valence electrons. The maximum Gasteiger partial charge on any atom is 0.185 e. The van der Waals surface area contributed by atoms with Gasteiger partial charge in [0.1, 0.15) is 22.7 Å². The van der Waals surface area contributed by atoms with Crippen LogP contribution in [0.1, 0.15) is 18.7 Å². The number of halogens is 1. The number of thioether (sulfide) groups is 1. The molecule has 2 atom stereocenters. The van der Waals surface area contributed by atoms with Gasteiger partial charge in [-0.3, -0.25) is 4.79 Å². The number of aliphatic hydroxyl groups is 2. The van der Waals surface area contributed by atoms with Crippen LogP contribution in [-0.2, 0) is 4.79 Å². The number of hydrogen-bond acceptors (Lipinski definition) is 6. The van der Waals surface area contributed by atoms with Crippen LogP contribution in [0.25, 0.3) is 0 Å². The summed E-state index contributed by atoms with van der Waals surface area (Å²) in [5, 5.41) is 28.8. The van der Waals surface area contributed by atoms with Crippen molar-refractivity contribution in [1.29, 1.82) is 0 Å². The first kappa shape index (κ1) is 14.2. The van der Waals surface area contributed by atoms with E-state index in [0.717, 1.165) is 11.8 Å². The van der Waals surface area contributed by atoms with Gasteiger partial charge in [0.15, 0.2) is 5.12 Å². The average molecular weight is 278 g/mol. The third-order valence-corrected chi connectivity index (χ3v) is 3.10. The Morgan fingerprint density at radius 1 is 1.53 bits per heavy atom. The molecule has 0 aliphatic heterocycles. The van der Waals surface area contributed by atoms with Gasteiger partial charge in [0.05, 0.1) is 6.10 Å². The Bertz CT molecular complexity index is 415. The maximum atomic E-state index is 10.7. The highest BCUT2D eigenvalue weighted by atomic mass is 35.5. The summed E-state index contributed by atoms with van der Waals surface area (Å²) in [5.74, 6) is -0.238. The van der Waals surface area contributed by atoms with E-state index in [4.69, 9.17) is 11.6 Å². The predicted molar refractivity (Wildman–Crippen MR) is 65.0 cm³/mol. The molecule has 0 radical (unpaired) electrons. The number of aliphatic hydroxyl groups excluding tert-OH is 2. The minimum absolute atomic E-state index is 0.0180. The molecule has 2 unspecified atom stereocenters. The first-order chi connectivity index (χ1) is 7.91. The van der Waals surface area contributed by atoms with E-state index in [1.54, 1.807) is 0 Å². The highest BCUT2D eigenvalue weighted by Gasteiger charge is 2.23. The highest BCUT2D eigenvalue weighted by molar-refractivity contribution is 8.13. The van der Waals surface area contributed by atoms with Crippen molar-refractivity contribution in [3.8, 4) is 5.75 Å². The highest BCUT2D eigenvalue weighted by Crippen LogP contribution is 2.27. The minimum atomic E-state index is -1.39. The number of carbonyl (C=O) groups is 1. The van der Waals surface area contributed by atoms with Gasteiger partial charge < -0.3 is 15.3 Å². The van der Waals surface area contributed by atoms with Crippen LogP contribution >= 0.6 is 23.4 Å². The summed E-state index contributed by atoms with van der Waals surface area (Å²) in [6.45, 7) is 1.36. The van der Waals surface area contributed by atoms with Crippen LogP contribution in [0, 0.1) is 0 Å². The first-order valence-electron chi connectivity index (χ1n) is 4.76. The number of aromatic nitrogens is 1. The van der Waals surface area contributed by atoms with E-state index in [2.05, 4.69) is 4.98 Å². The second-order valence-corrected chi connectivity index (χ2v) is 4.94. The van der Waals surface area contributed by atoms with Crippen molar-refractivity contribution in [2.45, 2.75) is 19.1 Å². The summed E-state index contributed by atoms with van der Waals surface area (Å²) in [7, 11) is 0. The van der Waals surface area contributed by atoms with E-state index in [-0.39, 0.29) is 27.5 Å². The number of nitrogens with zero attached hydrogens (tertiary/aromatic N) is 1. The fourth-order valence-electron chi connectivity index (χ4n) is 1.14. The second-order valence-electron chi connectivity index (χ2n) is 3.35. The van der Waals surface area contributed by atoms with Crippen molar-refractivity contribution in [2.75, 3.05) is 5.75 Å². The quantitative estimate of drug-likeness (QED) is 0.715. The molecule has 0 aliphatic rings. The Kier molecular flexibility index (Phi) is 5.20. The van der Waals surface area contributed by atoms with Crippen molar-refractivity contribution >= 4 is 28.5 Å². The number of pyridine rings is 1. The number of rotatable bonds is 4. The topological polar surface area (TPSA) is 90.7 Å². The Hall–Kier alpha value is -0.820. The van der Waals surface area contributed by atoms with Gasteiger partial charge in [-0.05, 0) is 12.1 Å². The van der Waals surface area contributed by atoms with Crippen LogP contribution in [0.2, 0.25) is 5.15 Å². The number of hydrogen-bond donors (Lipinski definition) is 3. The molecule has 5 nitrogen and oxygen atoms in total. The van der Waals surface area contributed by atoms with E-state index in [1.807, 2.05) is 0 Å². The Morgan fingerprint density at radius 2 is 2.18 bits per heavy atom. The fourth-order valence-corrected chi connectivity index (χ4v) is 1.88. The standard InChI is InChI=1S/C10H12ClNO4S/c1-5(13)17-4-7(15)10(16)9-6(14)2-3-8(11)12-9/h2-3,7,10,14-16H,4H2,1H3. The van der Waals surface area contributed by atoms with E-state index < -0.39 is 12.2 Å². The Morgan fingerprint density at radius 3 is 2.76 bits per heavy atom. The SMILES string of the molecule is CC(=O)SCC(O)C(O)c1nc(Cl)ccc1O. The second kappa shape index (κ2) is 6.20. The normalized spacial score (nSPS) is 14.4. The molecule has 1 rings (SSSR count). The molecule has 17 heavy (non-hydrogen) atoms. The van der Waals surface area contributed by atoms with Gasteiger partial charge in [0.25, 0.3) is 0 Å². The van der Waals surface area contributed by atoms with Gasteiger partial charge in [-0.1, -0.05) is 23.4 Å². The molecule has 0 saturated heterocycles. The van der Waals surface area contributed by atoms with Crippen LogP contribution in [-0.4, -0.2) is 37.3 Å². The molecule has 0 aliphatic carbocycles. The third-order valence-electron chi connectivity index (χ3n) is 1.97. The molecule has 1 aromatic heterocycles. The van der Waals surface area contributed by atoms with Crippen molar-refractivity contribution in [1.82, 2.24) is 4.98 Å². The van der Waals surface area contributed by atoms with Crippen molar-refractivity contribution in [2.24, 2.45) is 0 Å². The van der Waals surface area contributed by atoms with Crippen LogP contribution in [0.3, 0.4) is 0 Å².